The molecule has 0 aliphatic rings. The van der Waals surface area contributed by atoms with Crippen molar-refractivity contribution in [3.05, 3.63) is 35.7 Å². The van der Waals surface area contributed by atoms with Gasteiger partial charge in [-0.05, 0) is 43.6 Å². The fraction of sp³-hybridized carbons (Fsp3) is 0.556. The first-order valence-electron chi connectivity index (χ1n) is 7.65. The van der Waals surface area contributed by atoms with Crippen LogP contribution in [-0.4, -0.2) is 31.5 Å². The topological polar surface area (TPSA) is 29.5 Å². The van der Waals surface area contributed by atoms with Crippen LogP contribution in [0.25, 0.3) is 0 Å². The Morgan fingerprint density at radius 1 is 1.13 bits per heavy atom. The number of carbonyl (C=O) groups is 1. The summed E-state index contributed by atoms with van der Waals surface area (Å²) in [5, 5.41) is 0. The molecule has 129 valence electrons. The Labute approximate surface area is 172 Å². The third kappa shape index (κ3) is 8.53. The molecule has 23 heavy (non-hydrogen) atoms. The first-order valence-corrected chi connectivity index (χ1v) is 7.65. The van der Waals surface area contributed by atoms with Gasteiger partial charge in [-0.1, -0.05) is 45.9 Å². The van der Waals surface area contributed by atoms with E-state index in [0.717, 1.165) is 23.4 Å². The molecule has 0 heterocycles. The summed E-state index contributed by atoms with van der Waals surface area (Å²) in [5.74, 6) is 1.14. The van der Waals surface area contributed by atoms with Crippen LogP contribution in [0.15, 0.2) is 18.2 Å². The predicted molar refractivity (Wildman–Crippen MR) is 95.0 cm³/mol. The van der Waals surface area contributed by atoms with Gasteiger partial charge in [0.15, 0.2) is 5.97 Å². The molecule has 0 aliphatic heterocycles. The third-order valence-corrected chi connectivity index (χ3v) is 3.41. The van der Waals surface area contributed by atoms with E-state index in [4.69, 9.17) is 4.74 Å². The summed E-state index contributed by atoms with van der Waals surface area (Å²) in [5.41, 5.74) is 2.19. The molecule has 0 amide bonds. The van der Waals surface area contributed by atoms with Crippen LogP contribution in [0.3, 0.4) is 0 Å². The molecule has 0 fully saturated rings. The van der Waals surface area contributed by atoms with E-state index >= 15 is 0 Å². The Kier molecular flexibility index (Phi) is 13.5. The van der Waals surface area contributed by atoms with Gasteiger partial charge >= 0.3 is 0 Å². The number of nitrogens with zero attached hydrogens (tertiary/aromatic N) is 1. The monoisotopic (exact) mass is 415 g/mol. The molecule has 0 saturated carbocycles. The maximum absolute atomic E-state index is 12.0. The SMILES string of the molecule is CC(C)c1cccc(C(C)C)c1OC(=O)[CH-]CCN(C)C.Cl.[Y]. The molecule has 0 atom stereocenters. The van der Waals surface area contributed by atoms with Crippen molar-refractivity contribution in [3.8, 4) is 5.75 Å². The van der Waals surface area contributed by atoms with Gasteiger partial charge < -0.3 is 9.64 Å². The minimum atomic E-state index is -0.258. The van der Waals surface area contributed by atoms with Crippen LogP contribution in [0.5, 0.6) is 5.75 Å². The molecule has 1 aromatic carbocycles. The second-order valence-electron chi connectivity index (χ2n) is 6.29. The van der Waals surface area contributed by atoms with Crippen molar-refractivity contribution in [2.45, 2.75) is 46.0 Å². The zero-order valence-electron chi connectivity index (χ0n) is 15.1. The summed E-state index contributed by atoms with van der Waals surface area (Å²) in [6, 6.07) is 6.12. The van der Waals surface area contributed by atoms with E-state index in [1.165, 1.54) is 0 Å². The van der Waals surface area contributed by atoms with E-state index in [9.17, 15) is 4.79 Å². The summed E-state index contributed by atoms with van der Waals surface area (Å²) >= 11 is 0. The minimum Gasteiger partial charge on any atom is -0.451 e. The van der Waals surface area contributed by atoms with Crippen molar-refractivity contribution in [2.24, 2.45) is 0 Å². The fourth-order valence-corrected chi connectivity index (χ4v) is 2.18. The minimum absolute atomic E-state index is 0. The molecule has 1 aromatic rings. The number of halogens is 1. The summed E-state index contributed by atoms with van der Waals surface area (Å²) in [4.78, 5) is 14.1. The van der Waals surface area contributed by atoms with E-state index < -0.39 is 0 Å². The standard InChI is InChI=1S/C18H28NO2.ClH.Y/c1-13(2)15-9-7-10-16(14(3)4)18(15)21-17(20)11-8-12-19(5)6;;/h7,9-11,13-14H,8,12H2,1-6H3;1H;/q-1;;. The quantitative estimate of drug-likeness (QED) is 0.375. The van der Waals surface area contributed by atoms with Gasteiger partial charge in [-0.3, -0.25) is 11.2 Å². The van der Waals surface area contributed by atoms with Gasteiger partial charge in [-0.2, -0.15) is 0 Å². The molecule has 0 saturated heterocycles. The van der Waals surface area contributed by atoms with Gasteiger partial charge in [0.1, 0.15) is 5.75 Å². The maximum atomic E-state index is 12.0. The summed E-state index contributed by atoms with van der Waals surface area (Å²) in [7, 11) is 3.98. The Morgan fingerprint density at radius 3 is 2.00 bits per heavy atom. The number of carbonyl (C=O) groups excluding carboxylic acids is 1. The first kappa shape index (κ1) is 25.2. The Balaban J connectivity index is 0. The zero-order valence-corrected chi connectivity index (χ0v) is 18.8. The molecule has 0 unspecified atom stereocenters. The molecule has 3 nitrogen and oxygen atoms in total. The summed E-state index contributed by atoms with van der Waals surface area (Å²) < 4.78 is 5.67. The van der Waals surface area contributed by atoms with Gasteiger partial charge in [0.2, 0.25) is 0 Å². The van der Waals surface area contributed by atoms with E-state index in [1.807, 2.05) is 37.2 Å². The third-order valence-electron chi connectivity index (χ3n) is 3.41. The molecule has 1 rings (SSSR count). The second-order valence-corrected chi connectivity index (χ2v) is 6.29. The number of para-hydroxylation sites is 1. The van der Waals surface area contributed by atoms with Crippen molar-refractivity contribution in [2.75, 3.05) is 20.6 Å². The molecule has 0 aliphatic carbocycles. The molecule has 1 radical (unpaired) electrons. The summed E-state index contributed by atoms with van der Waals surface area (Å²) in [6.07, 6.45) is 2.33. The number of benzene rings is 1. The number of esters is 1. The van der Waals surface area contributed by atoms with Crippen LogP contribution < -0.4 is 4.74 Å². The molecule has 0 N–H and O–H groups in total. The predicted octanol–water partition coefficient (Wildman–Crippen LogP) is 4.41. The second kappa shape index (κ2) is 12.3. The molecule has 5 heteroatoms. The number of hydrogen-bond acceptors (Lipinski definition) is 3. The van der Waals surface area contributed by atoms with Gasteiger partial charge in [0.25, 0.3) is 0 Å². The number of ether oxygens (including phenoxy) is 1. The smallest absolute Gasteiger partial charge is 0.175 e. The van der Waals surface area contributed by atoms with Crippen LogP contribution in [0.4, 0.5) is 0 Å². The molecule has 0 bridgehead atoms. The molecular weight excluding hydrogens is 387 g/mol. The van der Waals surface area contributed by atoms with E-state index in [2.05, 4.69) is 27.7 Å². The Bertz CT molecular complexity index is 450. The molecular formula is C18H29ClNO2Y-. The van der Waals surface area contributed by atoms with Crippen molar-refractivity contribution < 1.29 is 42.2 Å². The van der Waals surface area contributed by atoms with E-state index in [0.29, 0.717) is 18.3 Å². The average molecular weight is 416 g/mol. The van der Waals surface area contributed by atoms with Crippen LogP contribution >= 0.6 is 12.4 Å². The van der Waals surface area contributed by atoms with E-state index in [-0.39, 0.29) is 51.1 Å². The first-order chi connectivity index (χ1) is 9.82. The van der Waals surface area contributed by atoms with Gasteiger partial charge in [-0.25, -0.2) is 0 Å². The van der Waals surface area contributed by atoms with Gasteiger partial charge in [0.05, 0.1) is 0 Å². The number of hydrogen-bond donors (Lipinski definition) is 0. The molecule has 0 spiro atoms. The summed E-state index contributed by atoms with van der Waals surface area (Å²) in [6.45, 7) is 9.32. The average Bonchev–Trinajstić information content (AvgIpc) is 2.37. The largest absolute Gasteiger partial charge is 0.451 e. The van der Waals surface area contributed by atoms with Crippen molar-refractivity contribution in [1.29, 1.82) is 0 Å². The van der Waals surface area contributed by atoms with Gasteiger partial charge in [0, 0.05) is 32.7 Å². The van der Waals surface area contributed by atoms with Crippen LogP contribution in [0.1, 0.15) is 57.1 Å². The Hall–Kier alpha value is -0.0861. The van der Waals surface area contributed by atoms with E-state index in [1.54, 1.807) is 6.42 Å². The molecule has 0 aromatic heterocycles. The van der Waals surface area contributed by atoms with Crippen LogP contribution in [-0.2, 0) is 37.5 Å². The zero-order chi connectivity index (χ0) is 16.0. The normalized spacial score (nSPS) is 10.3. The van der Waals surface area contributed by atoms with Crippen LogP contribution in [0.2, 0.25) is 0 Å². The number of rotatable bonds is 7. The van der Waals surface area contributed by atoms with Crippen LogP contribution in [0, 0.1) is 6.42 Å². The van der Waals surface area contributed by atoms with Gasteiger partial charge in [-0.15, -0.1) is 18.8 Å². The Morgan fingerprint density at radius 2 is 1.61 bits per heavy atom. The maximum Gasteiger partial charge on any atom is 0.175 e. The fourth-order valence-electron chi connectivity index (χ4n) is 2.18. The van der Waals surface area contributed by atoms with Crippen molar-refractivity contribution >= 4 is 18.4 Å². The van der Waals surface area contributed by atoms with Crippen molar-refractivity contribution in [3.63, 3.8) is 0 Å². The van der Waals surface area contributed by atoms with Crippen molar-refractivity contribution in [1.82, 2.24) is 4.90 Å².